The molecule has 38 heavy (non-hydrogen) atoms. The second-order valence-corrected chi connectivity index (χ2v) is 9.89. The first-order chi connectivity index (χ1) is 17.8. The summed E-state index contributed by atoms with van der Waals surface area (Å²) in [5.74, 6) is -1.17. The molecule has 11 heteroatoms. The molecule has 2 heterocycles. The Morgan fingerprint density at radius 3 is 2.53 bits per heavy atom. The first kappa shape index (κ1) is 27.3. The van der Waals surface area contributed by atoms with Gasteiger partial charge in [0.15, 0.2) is 5.82 Å². The number of alkyl halides is 3. The van der Waals surface area contributed by atoms with E-state index in [2.05, 4.69) is 15.2 Å². The van der Waals surface area contributed by atoms with Gasteiger partial charge in [-0.1, -0.05) is 12.1 Å². The van der Waals surface area contributed by atoms with Gasteiger partial charge in [-0.25, -0.2) is 4.98 Å². The predicted octanol–water partition coefficient (Wildman–Crippen LogP) is 3.90. The molecule has 202 valence electrons. The van der Waals surface area contributed by atoms with Crippen molar-refractivity contribution in [2.45, 2.75) is 32.1 Å². The third-order valence-corrected chi connectivity index (χ3v) is 7.03. The summed E-state index contributed by atoms with van der Waals surface area (Å²) in [4.78, 5) is 32.8. The van der Waals surface area contributed by atoms with E-state index in [9.17, 15) is 22.8 Å². The molecule has 4 rings (SSSR count). The van der Waals surface area contributed by atoms with Crippen LogP contribution in [0.1, 0.15) is 44.1 Å². The van der Waals surface area contributed by atoms with Crippen molar-refractivity contribution in [1.82, 2.24) is 19.4 Å². The SMILES string of the molecule is Cc1ccc(C(=O)Nc2ccc(CN3CC[C@@H](N(C)C)C3)c(C(F)(F)F)c2)cc1-c1cnc(C(N)=O)n1C. The Morgan fingerprint density at radius 1 is 1.18 bits per heavy atom. The van der Waals surface area contributed by atoms with Gasteiger partial charge < -0.3 is 20.5 Å². The summed E-state index contributed by atoms with van der Waals surface area (Å²) in [7, 11) is 5.58. The number of aryl methyl sites for hydroxylation is 1. The first-order valence-electron chi connectivity index (χ1n) is 12.2. The van der Waals surface area contributed by atoms with E-state index in [1.54, 1.807) is 25.2 Å². The molecule has 0 spiro atoms. The van der Waals surface area contributed by atoms with Crippen molar-refractivity contribution in [2.75, 3.05) is 32.5 Å². The summed E-state index contributed by atoms with van der Waals surface area (Å²) in [6, 6.07) is 9.16. The van der Waals surface area contributed by atoms with Crippen LogP contribution < -0.4 is 11.1 Å². The van der Waals surface area contributed by atoms with Crippen molar-refractivity contribution in [2.24, 2.45) is 12.8 Å². The van der Waals surface area contributed by atoms with Gasteiger partial charge in [-0.05, 0) is 62.8 Å². The van der Waals surface area contributed by atoms with Crippen molar-refractivity contribution >= 4 is 17.5 Å². The Balaban J connectivity index is 1.57. The molecule has 1 aromatic heterocycles. The highest BCUT2D eigenvalue weighted by molar-refractivity contribution is 6.05. The molecule has 0 bridgehead atoms. The molecule has 1 fully saturated rings. The number of nitrogens with two attached hydrogens (primary N) is 1. The topological polar surface area (TPSA) is 96.5 Å². The predicted molar refractivity (Wildman–Crippen MR) is 139 cm³/mol. The van der Waals surface area contributed by atoms with Crippen molar-refractivity contribution in [1.29, 1.82) is 0 Å². The number of anilines is 1. The number of rotatable bonds is 7. The van der Waals surface area contributed by atoms with Crippen LogP contribution in [0, 0.1) is 6.92 Å². The molecule has 3 N–H and O–H groups in total. The van der Waals surface area contributed by atoms with E-state index >= 15 is 0 Å². The quantitative estimate of drug-likeness (QED) is 0.485. The number of aromatic nitrogens is 2. The summed E-state index contributed by atoms with van der Waals surface area (Å²) < 4.78 is 43.4. The fourth-order valence-corrected chi connectivity index (χ4v) is 4.81. The van der Waals surface area contributed by atoms with E-state index in [4.69, 9.17) is 5.73 Å². The number of likely N-dealkylation sites (tertiary alicyclic amines) is 1. The summed E-state index contributed by atoms with van der Waals surface area (Å²) in [5.41, 5.74) is 7.11. The molecular formula is C27H31F3N6O2. The van der Waals surface area contributed by atoms with E-state index in [0.29, 0.717) is 23.8 Å². The lowest BCUT2D eigenvalue weighted by Gasteiger charge is -2.22. The maximum absolute atomic E-state index is 14.0. The number of carbonyl (C=O) groups is 2. The Kier molecular flexibility index (Phi) is 7.61. The van der Waals surface area contributed by atoms with E-state index < -0.39 is 23.6 Å². The number of carbonyl (C=O) groups excluding carboxylic acids is 2. The van der Waals surface area contributed by atoms with Gasteiger partial charge in [0.05, 0.1) is 17.5 Å². The fourth-order valence-electron chi connectivity index (χ4n) is 4.81. The van der Waals surface area contributed by atoms with Gasteiger partial charge in [-0.3, -0.25) is 14.5 Å². The van der Waals surface area contributed by atoms with Crippen molar-refractivity contribution < 1.29 is 22.8 Å². The van der Waals surface area contributed by atoms with Gasteiger partial charge in [0.1, 0.15) is 0 Å². The van der Waals surface area contributed by atoms with Crippen molar-refractivity contribution in [3.63, 3.8) is 0 Å². The lowest BCUT2D eigenvalue weighted by Crippen LogP contribution is -2.31. The van der Waals surface area contributed by atoms with E-state index in [1.807, 2.05) is 25.9 Å². The molecule has 1 aliphatic heterocycles. The van der Waals surface area contributed by atoms with Gasteiger partial charge in [-0.2, -0.15) is 13.2 Å². The number of nitrogens with one attached hydrogen (secondary N) is 1. The number of nitrogens with zero attached hydrogens (tertiary/aromatic N) is 4. The Morgan fingerprint density at radius 2 is 1.92 bits per heavy atom. The molecule has 0 unspecified atom stereocenters. The monoisotopic (exact) mass is 528 g/mol. The number of hydrogen-bond donors (Lipinski definition) is 2. The molecule has 2 amide bonds. The molecule has 2 aromatic carbocycles. The minimum Gasteiger partial charge on any atom is -0.363 e. The average Bonchev–Trinajstić information content (AvgIpc) is 3.46. The third-order valence-electron chi connectivity index (χ3n) is 7.03. The summed E-state index contributed by atoms with van der Waals surface area (Å²) >= 11 is 0. The van der Waals surface area contributed by atoms with E-state index in [0.717, 1.165) is 24.6 Å². The van der Waals surface area contributed by atoms with Crippen molar-refractivity contribution in [3.05, 3.63) is 70.7 Å². The highest BCUT2D eigenvalue weighted by Crippen LogP contribution is 2.35. The highest BCUT2D eigenvalue weighted by Gasteiger charge is 2.35. The number of amides is 2. The maximum Gasteiger partial charge on any atom is 0.416 e. The normalized spacial score (nSPS) is 16.3. The number of imidazole rings is 1. The van der Waals surface area contributed by atoms with Crippen LogP contribution in [0.15, 0.2) is 42.6 Å². The molecular weight excluding hydrogens is 497 g/mol. The Labute approximate surface area is 219 Å². The number of benzene rings is 2. The van der Waals surface area contributed by atoms with Crippen LogP contribution in [-0.4, -0.2) is 64.4 Å². The Hall–Kier alpha value is -3.70. The zero-order chi connectivity index (χ0) is 27.8. The minimum absolute atomic E-state index is 0.0531. The minimum atomic E-state index is -4.56. The molecule has 1 saturated heterocycles. The molecule has 3 aromatic rings. The molecule has 8 nitrogen and oxygen atoms in total. The van der Waals surface area contributed by atoms with Crippen LogP contribution in [0.4, 0.5) is 18.9 Å². The van der Waals surface area contributed by atoms with E-state index in [-0.39, 0.29) is 29.2 Å². The second-order valence-electron chi connectivity index (χ2n) is 9.89. The zero-order valence-corrected chi connectivity index (χ0v) is 21.8. The number of primary amides is 1. The van der Waals surface area contributed by atoms with Gasteiger partial charge in [0, 0.05) is 49.5 Å². The maximum atomic E-state index is 14.0. The van der Waals surface area contributed by atoms with Gasteiger partial charge in [0.25, 0.3) is 11.8 Å². The van der Waals surface area contributed by atoms with Crippen LogP contribution in [0.25, 0.3) is 11.3 Å². The largest absolute Gasteiger partial charge is 0.416 e. The molecule has 0 aliphatic carbocycles. The van der Waals surface area contributed by atoms with Crippen molar-refractivity contribution in [3.8, 4) is 11.3 Å². The molecule has 0 radical (unpaired) electrons. The van der Waals surface area contributed by atoms with Gasteiger partial charge in [0.2, 0.25) is 0 Å². The summed E-state index contributed by atoms with van der Waals surface area (Å²) in [6.45, 7) is 3.46. The highest BCUT2D eigenvalue weighted by atomic mass is 19.4. The van der Waals surface area contributed by atoms with Crippen LogP contribution in [0.5, 0.6) is 0 Å². The standard InChI is InChI=1S/C27H31F3N6O2/c1-16-5-6-17(11-21(16)23-13-32-25(24(31)37)35(23)4)26(38)33-19-8-7-18(22(12-19)27(28,29)30)14-36-10-9-20(15-36)34(2)3/h5-8,11-13,20H,9-10,14-15H2,1-4H3,(H2,31,37)(H,33,38)/t20-/m1/s1. The smallest absolute Gasteiger partial charge is 0.363 e. The molecule has 1 aliphatic rings. The third kappa shape index (κ3) is 5.73. The summed E-state index contributed by atoms with van der Waals surface area (Å²) in [6.07, 6.45) is -2.17. The second kappa shape index (κ2) is 10.6. The van der Waals surface area contributed by atoms with Crippen LogP contribution >= 0.6 is 0 Å². The lowest BCUT2D eigenvalue weighted by atomic mass is 10.0. The van der Waals surface area contributed by atoms with Crippen LogP contribution in [0.3, 0.4) is 0 Å². The number of halogens is 3. The molecule has 1 atom stereocenters. The zero-order valence-electron chi connectivity index (χ0n) is 21.8. The molecule has 0 saturated carbocycles. The van der Waals surface area contributed by atoms with E-state index in [1.165, 1.54) is 22.9 Å². The number of hydrogen-bond acceptors (Lipinski definition) is 5. The van der Waals surface area contributed by atoms with Crippen LogP contribution in [-0.2, 0) is 19.8 Å². The van der Waals surface area contributed by atoms with Gasteiger partial charge in [-0.15, -0.1) is 0 Å². The Bertz CT molecular complexity index is 1370. The average molecular weight is 529 g/mol. The summed E-state index contributed by atoms with van der Waals surface area (Å²) in [5, 5.41) is 2.59. The van der Waals surface area contributed by atoms with Gasteiger partial charge >= 0.3 is 6.18 Å². The fraction of sp³-hybridized carbons (Fsp3) is 0.370. The van der Waals surface area contributed by atoms with Crippen LogP contribution in [0.2, 0.25) is 0 Å². The number of likely N-dealkylation sites (N-methyl/N-ethyl adjacent to an activating group) is 1. The first-order valence-corrected chi connectivity index (χ1v) is 12.2. The lowest BCUT2D eigenvalue weighted by molar-refractivity contribution is -0.138.